The molecule has 1 aromatic heterocycles. The van der Waals surface area contributed by atoms with Gasteiger partial charge in [0.25, 0.3) is 5.91 Å². The van der Waals surface area contributed by atoms with Crippen molar-refractivity contribution in [3.05, 3.63) is 23.1 Å². The first kappa shape index (κ1) is 17.5. The molecule has 118 valence electrons. The number of carbonyl (C=O) groups is 2. The van der Waals surface area contributed by atoms with Crippen molar-refractivity contribution in [1.29, 1.82) is 0 Å². The third-order valence-electron chi connectivity index (χ3n) is 2.91. The number of aliphatic carboxylic acids is 1. The van der Waals surface area contributed by atoms with Crippen LogP contribution in [0.1, 0.15) is 30.8 Å². The van der Waals surface area contributed by atoms with Crippen molar-refractivity contribution in [3.63, 3.8) is 0 Å². The molecule has 0 bridgehead atoms. The van der Waals surface area contributed by atoms with Gasteiger partial charge in [0.2, 0.25) is 0 Å². The zero-order valence-corrected chi connectivity index (χ0v) is 12.9. The van der Waals surface area contributed by atoms with Crippen molar-refractivity contribution in [2.24, 2.45) is 5.92 Å². The summed E-state index contributed by atoms with van der Waals surface area (Å²) in [6.07, 6.45) is 0.625. The maximum absolute atomic E-state index is 12.3. The summed E-state index contributed by atoms with van der Waals surface area (Å²) in [7, 11) is 0. The minimum atomic E-state index is -0.949. The summed E-state index contributed by atoms with van der Waals surface area (Å²) < 4.78 is 10.3. The maximum atomic E-state index is 12.3. The highest BCUT2D eigenvalue weighted by Gasteiger charge is 2.23. The van der Waals surface area contributed by atoms with Crippen molar-refractivity contribution < 1.29 is 23.8 Å². The molecule has 0 fully saturated rings. The molecule has 0 aliphatic carbocycles. The Labute approximate surface area is 128 Å². The average Bonchev–Trinajstić information content (AvgIpc) is 2.87. The summed E-state index contributed by atoms with van der Waals surface area (Å²) in [4.78, 5) is 24.7. The lowest BCUT2D eigenvalue weighted by Crippen LogP contribution is -2.37. The van der Waals surface area contributed by atoms with Crippen LogP contribution in [0.25, 0.3) is 0 Å². The molecule has 0 aromatic carbocycles. The molecule has 7 heteroatoms. The number of hydrogen-bond donors (Lipinski definition) is 1. The number of carboxylic acids is 1. The van der Waals surface area contributed by atoms with Crippen LogP contribution in [0.4, 0.5) is 0 Å². The first-order chi connectivity index (χ1) is 9.95. The zero-order valence-electron chi connectivity index (χ0n) is 12.2. The molecule has 0 aliphatic rings. The standard InChI is InChI=1S/C14H20ClNO5/c1-3-20-8-4-7-16(9-10(2)14(18)19)13(17)11-5-6-12(15)21-11/h5-6,10H,3-4,7-9H2,1-2H3,(H,18,19). The molecule has 0 radical (unpaired) electrons. The van der Waals surface area contributed by atoms with Crippen LogP contribution in [0.15, 0.2) is 16.5 Å². The second-order valence-corrected chi connectivity index (χ2v) is 5.02. The molecule has 1 N–H and O–H groups in total. The van der Waals surface area contributed by atoms with Gasteiger partial charge in [0.05, 0.1) is 5.92 Å². The molecule has 0 aliphatic heterocycles. The van der Waals surface area contributed by atoms with Gasteiger partial charge in [-0.2, -0.15) is 0 Å². The van der Waals surface area contributed by atoms with Gasteiger partial charge in [-0.05, 0) is 37.1 Å². The highest BCUT2D eigenvalue weighted by Crippen LogP contribution is 2.16. The number of carbonyl (C=O) groups excluding carboxylic acids is 1. The summed E-state index contributed by atoms with van der Waals surface area (Å²) in [5.41, 5.74) is 0. The maximum Gasteiger partial charge on any atom is 0.308 e. The number of furan rings is 1. The van der Waals surface area contributed by atoms with Crippen molar-refractivity contribution in [2.45, 2.75) is 20.3 Å². The monoisotopic (exact) mass is 317 g/mol. The lowest BCUT2D eigenvalue weighted by atomic mass is 10.1. The first-order valence-corrected chi connectivity index (χ1v) is 7.18. The van der Waals surface area contributed by atoms with E-state index in [4.69, 9.17) is 25.9 Å². The largest absolute Gasteiger partial charge is 0.481 e. The Kier molecular flexibility index (Phi) is 7.25. The fraction of sp³-hybridized carbons (Fsp3) is 0.571. The van der Waals surface area contributed by atoms with Crippen molar-refractivity contribution in [2.75, 3.05) is 26.3 Å². The van der Waals surface area contributed by atoms with Crippen LogP contribution in [0.2, 0.25) is 5.22 Å². The van der Waals surface area contributed by atoms with E-state index in [2.05, 4.69) is 0 Å². The Bertz CT molecular complexity index is 474. The van der Waals surface area contributed by atoms with E-state index in [1.165, 1.54) is 17.0 Å². The fourth-order valence-corrected chi connectivity index (χ4v) is 1.92. The molecule has 1 heterocycles. The summed E-state index contributed by atoms with van der Waals surface area (Å²) in [6, 6.07) is 2.96. The molecule has 21 heavy (non-hydrogen) atoms. The van der Waals surface area contributed by atoms with Crippen LogP contribution < -0.4 is 0 Å². The molecule has 1 unspecified atom stereocenters. The fourth-order valence-electron chi connectivity index (χ4n) is 1.77. The van der Waals surface area contributed by atoms with E-state index in [1.54, 1.807) is 6.92 Å². The number of halogens is 1. The van der Waals surface area contributed by atoms with Gasteiger partial charge in [-0.15, -0.1) is 0 Å². The smallest absolute Gasteiger partial charge is 0.308 e. The highest BCUT2D eigenvalue weighted by molar-refractivity contribution is 6.29. The van der Waals surface area contributed by atoms with Gasteiger partial charge in [0.1, 0.15) is 0 Å². The Morgan fingerprint density at radius 2 is 2.19 bits per heavy atom. The summed E-state index contributed by atoms with van der Waals surface area (Å²) in [6.45, 7) is 5.07. The van der Waals surface area contributed by atoms with Crippen LogP contribution in [0.3, 0.4) is 0 Å². The lowest BCUT2D eigenvalue weighted by Gasteiger charge is -2.23. The Balaban J connectivity index is 2.70. The third kappa shape index (κ3) is 5.77. The molecule has 1 amide bonds. The number of rotatable bonds is 9. The van der Waals surface area contributed by atoms with E-state index in [1.807, 2.05) is 6.92 Å². The minimum absolute atomic E-state index is 0.106. The highest BCUT2D eigenvalue weighted by atomic mass is 35.5. The van der Waals surface area contributed by atoms with Gasteiger partial charge >= 0.3 is 5.97 Å². The van der Waals surface area contributed by atoms with Crippen LogP contribution in [-0.4, -0.2) is 48.2 Å². The number of carboxylic acid groups (broad SMARTS) is 1. The van der Waals surface area contributed by atoms with Gasteiger partial charge in [0.15, 0.2) is 11.0 Å². The molecule has 1 aromatic rings. The van der Waals surface area contributed by atoms with Crippen LogP contribution in [-0.2, 0) is 9.53 Å². The number of hydrogen-bond acceptors (Lipinski definition) is 4. The Morgan fingerprint density at radius 1 is 1.48 bits per heavy atom. The van der Waals surface area contributed by atoms with E-state index in [-0.39, 0.29) is 23.4 Å². The SMILES string of the molecule is CCOCCCN(CC(C)C(=O)O)C(=O)c1ccc(Cl)o1. The van der Waals surface area contributed by atoms with Crippen LogP contribution in [0, 0.1) is 5.92 Å². The van der Waals surface area contributed by atoms with E-state index in [0.29, 0.717) is 26.2 Å². The first-order valence-electron chi connectivity index (χ1n) is 6.80. The van der Waals surface area contributed by atoms with Gasteiger partial charge in [-0.25, -0.2) is 0 Å². The zero-order chi connectivity index (χ0) is 15.8. The van der Waals surface area contributed by atoms with E-state index in [9.17, 15) is 9.59 Å². The Hall–Kier alpha value is -1.53. The Morgan fingerprint density at radius 3 is 2.71 bits per heavy atom. The second kappa shape index (κ2) is 8.69. The number of amides is 1. The topological polar surface area (TPSA) is 80.0 Å². The molecule has 0 saturated carbocycles. The molecular formula is C14H20ClNO5. The van der Waals surface area contributed by atoms with Crippen LogP contribution >= 0.6 is 11.6 Å². The predicted octanol–water partition coefficient (Wildman–Crippen LogP) is 2.52. The molecule has 0 spiro atoms. The summed E-state index contributed by atoms with van der Waals surface area (Å²) >= 11 is 5.66. The molecular weight excluding hydrogens is 298 g/mol. The number of nitrogens with zero attached hydrogens (tertiary/aromatic N) is 1. The molecule has 1 rings (SSSR count). The third-order valence-corrected chi connectivity index (χ3v) is 3.11. The van der Waals surface area contributed by atoms with Crippen molar-refractivity contribution in [1.82, 2.24) is 4.90 Å². The lowest BCUT2D eigenvalue weighted by molar-refractivity contribution is -0.141. The predicted molar refractivity (Wildman–Crippen MR) is 77.5 cm³/mol. The van der Waals surface area contributed by atoms with Gasteiger partial charge in [-0.1, -0.05) is 6.92 Å². The van der Waals surface area contributed by atoms with E-state index in [0.717, 1.165) is 0 Å². The quantitative estimate of drug-likeness (QED) is 0.708. The van der Waals surface area contributed by atoms with E-state index < -0.39 is 11.9 Å². The normalized spacial score (nSPS) is 12.1. The number of ether oxygens (including phenoxy) is 1. The molecule has 6 nitrogen and oxygen atoms in total. The average molecular weight is 318 g/mol. The second-order valence-electron chi connectivity index (χ2n) is 4.64. The van der Waals surface area contributed by atoms with Gasteiger partial charge < -0.3 is 19.2 Å². The van der Waals surface area contributed by atoms with Crippen LogP contribution in [0.5, 0.6) is 0 Å². The summed E-state index contributed by atoms with van der Waals surface area (Å²) in [5, 5.41) is 9.11. The van der Waals surface area contributed by atoms with E-state index >= 15 is 0 Å². The van der Waals surface area contributed by atoms with Crippen molar-refractivity contribution >= 4 is 23.5 Å². The molecule has 0 saturated heterocycles. The van der Waals surface area contributed by atoms with Gasteiger partial charge in [0, 0.05) is 26.3 Å². The minimum Gasteiger partial charge on any atom is -0.481 e. The van der Waals surface area contributed by atoms with Gasteiger partial charge in [-0.3, -0.25) is 9.59 Å². The van der Waals surface area contributed by atoms with Crippen molar-refractivity contribution in [3.8, 4) is 0 Å². The summed E-state index contributed by atoms with van der Waals surface area (Å²) in [5.74, 6) is -1.87. The molecule has 1 atom stereocenters.